The number of benzene rings is 2. The Morgan fingerprint density at radius 2 is 1.33 bits per heavy atom. The normalized spacial score (nSPS) is 18.8. The Balaban J connectivity index is 1.34. The maximum Gasteiger partial charge on any atom is 0.410 e. The fourth-order valence-electron chi connectivity index (χ4n) is 5.29. The highest BCUT2D eigenvalue weighted by Crippen LogP contribution is 2.49. The molecule has 0 N–H and O–H groups in total. The van der Waals surface area contributed by atoms with Crippen LogP contribution in [0.4, 0.5) is 26.7 Å². The maximum atomic E-state index is 12.6. The number of methoxy groups -OCH3 is 1. The van der Waals surface area contributed by atoms with Crippen molar-refractivity contribution in [3.05, 3.63) is 40.2 Å². The Morgan fingerprint density at radius 1 is 0.791 bits per heavy atom. The van der Waals surface area contributed by atoms with Crippen molar-refractivity contribution in [2.75, 3.05) is 69.3 Å². The third kappa shape index (κ3) is 7.22. The molecule has 2 aromatic rings. The van der Waals surface area contributed by atoms with Crippen molar-refractivity contribution in [1.82, 2.24) is 9.80 Å². The number of piperazine rings is 2. The standard InChI is InChI=1S/C31H42BrN5O5S/c1-30(2,3)41-28(38)36-14-10-34(11-15-36)21-8-9-22-26(18-21)43(32)27-20-24(25(40-7)19-23(27)33-22)35-12-16-37(17-13-35)29(39)42-31(4,5)6/h8-9,18-20H,10-17H2,1-7H3. The molecular weight excluding hydrogens is 634 g/mol. The Morgan fingerprint density at radius 3 is 1.84 bits per heavy atom. The zero-order valence-corrected chi connectivity index (χ0v) is 28.5. The lowest BCUT2D eigenvalue weighted by atomic mass is 10.2. The zero-order chi connectivity index (χ0) is 31.1. The van der Waals surface area contributed by atoms with Gasteiger partial charge >= 0.3 is 12.2 Å². The molecule has 0 aliphatic carbocycles. The first-order chi connectivity index (χ1) is 20.2. The van der Waals surface area contributed by atoms with Crippen LogP contribution in [0, 0.1) is 4.51 Å². The number of hydrogen-bond acceptors (Lipinski definition) is 8. The molecule has 5 rings (SSSR count). The first-order valence-electron chi connectivity index (χ1n) is 14.7. The van der Waals surface area contributed by atoms with Gasteiger partial charge in [0.05, 0.1) is 23.8 Å². The summed E-state index contributed by atoms with van der Waals surface area (Å²) in [5.41, 5.74) is 1.98. The molecule has 43 heavy (non-hydrogen) atoms. The summed E-state index contributed by atoms with van der Waals surface area (Å²) in [4.78, 5) is 39.3. The van der Waals surface area contributed by atoms with Gasteiger partial charge in [-0.3, -0.25) is 0 Å². The van der Waals surface area contributed by atoms with Crippen LogP contribution >= 0.6 is 23.7 Å². The zero-order valence-electron chi connectivity index (χ0n) is 26.1. The van der Waals surface area contributed by atoms with E-state index in [0.717, 1.165) is 50.7 Å². The van der Waals surface area contributed by atoms with Gasteiger partial charge in [-0.1, -0.05) is 8.92 Å². The first kappa shape index (κ1) is 31.4. The lowest BCUT2D eigenvalue weighted by Crippen LogP contribution is -2.50. The first-order valence-corrected chi connectivity index (χ1v) is 17.7. The van der Waals surface area contributed by atoms with Gasteiger partial charge in [-0.2, -0.15) is 0 Å². The van der Waals surface area contributed by atoms with Gasteiger partial charge < -0.3 is 33.8 Å². The molecule has 0 radical (unpaired) electrons. The molecule has 234 valence electrons. The van der Waals surface area contributed by atoms with Crippen LogP contribution in [0.1, 0.15) is 41.5 Å². The van der Waals surface area contributed by atoms with Crippen molar-refractivity contribution in [2.24, 2.45) is 4.99 Å². The van der Waals surface area contributed by atoms with Crippen LogP contribution in [0.15, 0.2) is 40.2 Å². The molecule has 1 unspecified atom stereocenters. The second-order valence-electron chi connectivity index (χ2n) is 12.9. The average Bonchev–Trinajstić information content (AvgIpc) is 2.95. The van der Waals surface area contributed by atoms with E-state index in [1.165, 1.54) is 0 Å². The van der Waals surface area contributed by atoms with Crippen LogP contribution in [0.5, 0.6) is 5.75 Å². The Hall–Kier alpha value is -2.99. The summed E-state index contributed by atoms with van der Waals surface area (Å²) in [6, 6.07) is 10.6. The molecule has 3 heterocycles. The van der Waals surface area contributed by atoms with Crippen LogP contribution in [0.3, 0.4) is 0 Å². The largest absolute Gasteiger partial charge is 0.495 e. The molecule has 2 aromatic carbocycles. The number of carbonyl (C=O) groups is 2. The Kier molecular flexibility index (Phi) is 8.91. The van der Waals surface area contributed by atoms with Crippen molar-refractivity contribution in [3.8, 4) is 5.75 Å². The SMILES string of the molecule is COc1cc2c(cc1N1CCN(C(=O)OC(C)(C)C)CC1)S(Br)=c1cc(N3CCN(C(=O)OC(C)(C)C)CC3)ccc1=N2. The Labute approximate surface area is 263 Å². The number of rotatable bonds is 3. The van der Waals surface area contributed by atoms with Crippen molar-refractivity contribution >= 4 is 53.0 Å². The lowest BCUT2D eigenvalue weighted by molar-refractivity contribution is 0.0230. The van der Waals surface area contributed by atoms with Gasteiger partial charge in [-0.15, -0.1) is 0 Å². The number of ether oxygens (including phenoxy) is 3. The van der Waals surface area contributed by atoms with Gasteiger partial charge in [0.15, 0.2) is 0 Å². The van der Waals surface area contributed by atoms with E-state index >= 15 is 0 Å². The highest BCUT2D eigenvalue weighted by atomic mass is 79.9. The smallest absolute Gasteiger partial charge is 0.410 e. The number of halogens is 1. The topological polar surface area (TPSA) is 87.2 Å². The molecule has 0 aromatic heterocycles. The van der Waals surface area contributed by atoms with E-state index in [1.807, 2.05) is 47.6 Å². The minimum Gasteiger partial charge on any atom is -0.495 e. The number of carbonyl (C=O) groups excluding carboxylic acids is 2. The van der Waals surface area contributed by atoms with Crippen LogP contribution < -0.4 is 19.9 Å². The molecule has 12 heteroatoms. The third-order valence-corrected chi connectivity index (χ3v) is 10.9. The summed E-state index contributed by atoms with van der Waals surface area (Å²) in [6.45, 7) is 16.5. The molecule has 3 aliphatic rings. The average molecular weight is 677 g/mol. The van der Waals surface area contributed by atoms with Gasteiger partial charge in [-0.25, -0.2) is 14.6 Å². The summed E-state index contributed by atoms with van der Waals surface area (Å²) in [7, 11) is 1.29. The fourth-order valence-corrected chi connectivity index (χ4v) is 8.11. The van der Waals surface area contributed by atoms with Gasteiger partial charge in [0.2, 0.25) is 0 Å². The van der Waals surface area contributed by atoms with Crippen LogP contribution in [-0.2, 0) is 9.47 Å². The number of nitrogens with zero attached hydrogens (tertiary/aromatic N) is 5. The highest BCUT2D eigenvalue weighted by molar-refractivity contribution is 9.52. The number of fused-ring (bicyclic) bond motifs is 2. The second-order valence-corrected chi connectivity index (χ2v) is 16.3. The van der Waals surface area contributed by atoms with Gasteiger partial charge in [0, 0.05) is 73.5 Å². The minimum absolute atomic E-state index is 0.257. The molecular formula is C31H42BrN5O5S. The summed E-state index contributed by atoms with van der Waals surface area (Å²) < 4.78 is 18.1. The van der Waals surface area contributed by atoms with E-state index in [-0.39, 0.29) is 12.2 Å². The maximum absolute atomic E-state index is 12.6. The van der Waals surface area contributed by atoms with E-state index in [0.29, 0.717) is 39.3 Å². The van der Waals surface area contributed by atoms with Crippen LogP contribution in [0.25, 0.3) is 0 Å². The van der Waals surface area contributed by atoms with E-state index in [2.05, 4.69) is 48.9 Å². The minimum atomic E-state index is -0.518. The van der Waals surface area contributed by atoms with E-state index in [9.17, 15) is 9.59 Å². The van der Waals surface area contributed by atoms with Crippen molar-refractivity contribution < 1.29 is 23.8 Å². The number of anilines is 2. The molecule has 0 saturated carbocycles. The second kappa shape index (κ2) is 12.2. The monoisotopic (exact) mass is 675 g/mol. The summed E-state index contributed by atoms with van der Waals surface area (Å²) >= 11 is 4.01. The number of hydrogen-bond donors (Lipinski definition) is 0. The molecule has 2 saturated heterocycles. The van der Waals surface area contributed by atoms with Crippen molar-refractivity contribution in [3.63, 3.8) is 0 Å². The Bertz CT molecular complexity index is 1520. The molecule has 3 aliphatic heterocycles. The predicted octanol–water partition coefficient (Wildman–Crippen LogP) is 5.96. The molecule has 10 nitrogen and oxygen atoms in total. The molecule has 2 fully saturated rings. The van der Waals surface area contributed by atoms with E-state index in [1.54, 1.807) is 16.9 Å². The molecule has 2 amide bonds. The fraction of sp³-hybridized carbons (Fsp3) is 0.548. The van der Waals surface area contributed by atoms with Crippen molar-refractivity contribution in [1.29, 1.82) is 0 Å². The van der Waals surface area contributed by atoms with Crippen molar-refractivity contribution in [2.45, 2.75) is 57.6 Å². The van der Waals surface area contributed by atoms with Gasteiger partial charge in [0.25, 0.3) is 0 Å². The highest BCUT2D eigenvalue weighted by Gasteiger charge is 2.29. The van der Waals surface area contributed by atoms with Gasteiger partial charge in [-0.05, 0) is 80.6 Å². The number of amides is 2. The summed E-state index contributed by atoms with van der Waals surface area (Å²) in [5, 5.41) is 0.935. The predicted molar refractivity (Wildman–Crippen MR) is 174 cm³/mol. The van der Waals surface area contributed by atoms with Gasteiger partial charge in [0.1, 0.15) is 17.0 Å². The van der Waals surface area contributed by atoms with E-state index in [4.69, 9.17) is 19.2 Å². The van der Waals surface area contributed by atoms with Crippen LogP contribution in [-0.4, -0.2) is 92.7 Å². The molecule has 0 bridgehead atoms. The molecule has 1 atom stereocenters. The van der Waals surface area contributed by atoms with E-state index < -0.39 is 20.1 Å². The van der Waals surface area contributed by atoms with Crippen LogP contribution in [0.2, 0.25) is 0 Å². The quantitative estimate of drug-likeness (QED) is 0.371. The summed E-state index contributed by atoms with van der Waals surface area (Å²) in [6.07, 6.45) is -0.531. The molecule has 0 spiro atoms. The summed E-state index contributed by atoms with van der Waals surface area (Å²) in [5.74, 6) is 0.764. The third-order valence-electron chi connectivity index (χ3n) is 7.40. The lowest BCUT2D eigenvalue weighted by Gasteiger charge is -2.37.